The van der Waals surface area contributed by atoms with Gasteiger partial charge in [-0.1, -0.05) is 20.3 Å². The Morgan fingerprint density at radius 2 is 2.00 bits per heavy atom. The molecule has 0 spiro atoms. The Kier molecular flexibility index (Phi) is 9.36. The maximum absolute atomic E-state index is 14.1. The molecule has 4 nitrogen and oxygen atoms in total. The van der Waals surface area contributed by atoms with Crippen molar-refractivity contribution in [2.45, 2.75) is 56.6 Å². The largest absolute Gasteiger partial charge is 0.465 e. The third-order valence-electron chi connectivity index (χ3n) is 3.14. The first-order valence-electron chi connectivity index (χ1n) is 8.05. The first-order valence-corrected chi connectivity index (χ1v) is 9.72. The standard InChI is InChI=1S/C17H23BrFNO3S/c1-4-7-14(17(22)23-6-3)24-15-10-13(12(19)9-11(15)18)20-16(21)8-5-2/h9-10,14H,4-8H2,1-3H3,(H,20,21). The van der Waals surface area contributed by atoms with E-state index in [-0.39, 0.29) is 22.8 Å². The normalized spacial score (nSPS) is 11.9. The molecule has 1 aromatic rings. The van der Waals surface area contributed by atoms with Crippen LogP contribution >= 0.6 is 27.7 Å². The molecule has 0 aromatic heterocycles. The summed E-state index contributed by atoms with van der Waals surface area (Å²) in [6, 6.07) is 2.86. The van der Waals surface area contributed by atoms with Crippen LogP contribution in [0.15, 0.2) is 21.5 Å². The first-order chi connectivity index (χ1) is 11.4. The van der Waals surface area contributed by atoms with E-state index in [0.29, 0.717) is 35.2 Å². The predicted octanol–water partition coefficient (Wildman–Crippen LogP) is 5.15. The van der Waals surface area contributed by atoms with Crippen molar-refractivity contribution in [2.75, 3.05) is 11.9 Å². The van der Waals surface area contributed by atoms with Gasteiger partial charge >= 0.3 is 5.97 Å². The predicted molar refractivity (Wildman–Crippen MR) is 98.8 cm³/mol. The minimum Gasteiger partial charge on any atom is -0.465 e. The fraction of sp³-hybridized carbons (Fsp3) is 0.529. The average molecular weight is 420 g/mol. The Balaban J connectivity index is 3.00. The summed E-state index contributed by atoms with van der Waals surface area (Å²) in [6.07, 6.45) is 2.51. The van der Waals surface area contributed by atoms with Gasteiger partial charge < -0.3 is 10.1 Å². The molecule has 1 amide bonds. The zero-order valence-corrected chi connectivity index (χ0v) is 16.6. The second kappa shape index (κ2) is 10.7. The molecule has 0 aliphatic rings. The van der Waals surface area contributed by atoms with Gasteiger partial charge in [-0.3, -0.25) is 9.59 Å². The lowest BCUT2D eigenvalue weighted by molar-refractivity contribution is -0.142. The summed E-state index contributed by atoms with van der Waals surface area (Å²) < 4.78 is 19.7. The Hall–Kier alpha value is -1.08. The smallest absolute Gasteiger partial charge is 0.319 e. The van der Waals surface area contributed by atoms with Gasteiger partial charge in [0.15, 0.2) is 0 Å². The molecule has 1 N–H and O–H groups in total. The van der Waals surface area contributed by atoms with Gasteiger partial charge in [-0.05, 0) is 47.8 Å². The SMILES string of the molecule is CCCC(=O)Nc1cc(SC(CCC)C(=O)OCC)c(Br)cc1F. The summed E-state index contributed by atoms with van der Waals surface area (Å²) in [5.41, 5.74) is 0.123. The van der Waals surface area contributed by atoms with E-state index in [1.807, 2.05) is 13.8 Å². The summed E-state index contributed by atoms with van der Waals surface area (Å²) in [4.78, 5) is 24.5. The van der Waals surface area contributed by atoms with Crippen LogP contribution in [0, 0.1) is 5.82 Å². The molecule has 0 radical (unpaired) electrons. The van der Waals surface area contributed by atoms with Gasteiger partial charge in [-0.2, -0.15) is 0 Å². The van der Waals surface area contributed by atoms with E-state index >= 15 is 0 Å². The fourth-order valence-corrected chi connectivity index (χ4v) is 3.81. The van der Waals surface area contributed by atoms with Crippen molar-refractivity contribution in [3.63, 3.8) is 0 Å². The number of carbonyl (C=O) groups excluding carboxylic acids is 2. The van der Waals surface area contributed by atoms with Crippen LogP contribution < -0.4 is 5.32 Å². The summed E-state index contributed by atoms with van der Waals surface area (Å²) in [5, 5.41) is 2.21. The number of nitrogens with one attached hydrogen (secondary N) is 1. The molecule has 24 heavy (non-hydrogen) atoms. The van der Waals surface area contributed by atoms with E-state index < -0.39 is 5.82 Å². The zero-order chi connectivity index (χ0) is 18.1. The number of carbonyl (C=O) groups is 2. The van der Waals surface area contributed by atoms with E-state index in [9.17, 15) is 14.0 Å². The maximum Gasteiger partial charge on any atom is 0.319 e. The Morgan fingerprint density at radius 3 is 2.58 bits per heavy atom. The molecule has 0 saturated heterocycles. The molecule has 0 aliphatic carbocycles. The van der Waals surface area contributed by atoms with Gasteiger partial charge in [0.05, 0.1) is 12.3 Å². The lowest BCUT2D eigenvalue weighted by atomic mass is 10.2. The van der Waals surface area contributed by atoms with Crippen molar-refractivity contribution in [3.8, 4) is 0 Å². The highest BCUT2D eigenvalue weighted by Gasteiger charge is 2.22. The molecule has 1 atom stereocenters. The third-order valence-corrected chi connectivity index (χ3v) is 5.37. The van der Waals surface area contributed by atoms with Gasteiger partial charge in [0, 0.05) is 15.8 Å². The van der Waals surface area contributed by atoms with Crippen LogP contribution in [0.5, 0.6) is 0 Å². The number of benzene rings is 1. The molecule has 0 aliphatic heterocycles. The molecule has 0 saturated carbocycles. The van der Waals surface area contributed by atoms with Gasteiger partial charge in [0.1, 0.15) is 11.1 Å². The topological polar surface area (TPSA) is 55.4 Å². The van der Waals surface area contributed by atoms with Crippen LogP contribution in [0.2, 0.25) is 0 Å². The van der Waals surface area contributed by atoms with Crippen molar-refractivity contribution in [2.24, 2.45) is 0 Å². The molecule has 0 fully saturated rings. The Labute approximate surface area is 155 Å². The number of ether oxygens (including phenoxy) is 1. The molecule has 7 heteroatoms. The average Bonchev–Trinajstić information content (AvgIpc) is 2.51. The van der Waals surface area contributed by atoms with Crippen LogP contribution in [0.25, 0.3) is 0 Å². The zero-order valence-electron chi connectivity index (χ0n) is 14.2. The maximum atomic E-state index is 14.1. The molecule has 1 aromatic carbocycles. The highest BCUT2D eigenvalue weighted by Crippen LogP contribution is 2.36. The third kappa shape index (κ3) is 6.43. The molecular formula is C17H23BrFNO3S. The van der Waals surface area contributed by atoms with Crippen molar-refractivity contribution in [1.82, 2.24) is 0 Å². The minimum atomic E-state index is -0.515. The molecule has 1 rings (SSSR count). The number of anilines is 1. The van der Waals surface area contributed by atoms with Gasteiger partial charge in [0.2, 0.25) is 5.91 Å². The number of amides is 1. The Morgan fingerprint density at radius 1 is 1.29 bits per heavy atom. The van der Waals surface area contributed by atoms with Crippen molar-refractivity contribution in [1.29, 1.82) is 0 Å². The Bertz CT molecular complexity index is 583. The number of halogens is 2. The molecule has 134 valence electrons. The van der Waals surface area contributed by atoms with Crippen molar-refractivity contribution >= 4 is 45.3 Å². The quantitative estimate of drug-likeness (QED) is 0.444. The summed E-state index contributed by atoms with van der Waals surface area (Å²) in [7, 11) is 0. The first kappa shape index (κ1) is 21.0. The van der Waals surface area contributed by atoms with E-state index in [2.05, 4.69) is 21.2 Å². The highest BCUT2D eigenvalue weighted by molar-refractivity contribution is 9.10. The molecular weight excluding hydrogens is 397 g/mol. The monoisotopic (exact) mass is 419 g/mol. The lowest BCUT2D eigenvalue weighted by Crippen LogP contribution is -2.20. The van der Waals surface area contributed by atoms with E-state index in [1.54, 1.807) is 13.0 Å². The van der Waals surface area contributed by atoms with E-state index in [4.69, 9.17) is 4.74 Å². The summed E-state index contributed by atoms with van der Waals surface area (Å²) in [5.74, 6) is -1.03. The van der Waals surface area contributed by atoms with Crippen molar-refractivity contribution in [3.05, 3.63) is 22.4 Å². The molecule has 0 bridgehead atoms. The lowest BCUT2D eigenvalue weighted by Gasteiger charge is -2.16. The van der Waals surface area contributed by atoms with Crippen LogP contribution in [-0.2, 0) is 14.3 Å². The van der Waals surface area contributed by atoms with Gasteiger partial charge in [-0.15, -0.1) is 11.8 Å². The second-order valence-electron chi connectivity index (χ2n) is 5.21. The van der Waals surface area contributed by atoms with Gasteiger partial charge in [-0.25, -0.2) is 4.39 Å². The number of hydrogen-bond donors (Lipinski definition) is 1. The van der Waals surface area contributed by atoms with Crippen LogP contribution in [0.4, 0.5) is 10.1 Å². The van der Waals surface area contributed by atoms with Crippen molar-refractivity contribution < 1.29 is 18.7 Å². The number of rotatable bonds is 9. The number of esters is 1. The molecule has 0 heterocycles. The summed E-state index contributed by atoms with van der Waals surface area (Å²) >= 11 is 4.63. The minimum absolute atomic E-state index is 0.123. The summed E-state index contributed by atoms with van der Waals surface area (Å²) in [6.45, 7) is 5.96. The van der Waals surface area contributed by atoms with Crippen LogP contribution in [0.3, 0.4) is 0 Å². The van der Waals surface area contributed by atoms with Crippen LogP contribution in [0.1, 0.15) is 46.5 Å². The number of thioether (sulfide) groups is 1. The molecule has 1 unspecified atom stereocenters. The van der Waals surface area contributed by atoms with Crippen LogP contribution in [-0.4, -0.2) is 23.7 Å². The van der Waals surface area contributed by atoms with E-state index in [0.717, 1.165) is 6.42 Å². The van der Waals surface area contributed by atoms with E-state index in [1.165, 1.54) is 17.8 Å². The highest BCUT2D eigenvalue weighted by atomic mass is 79.9. The number of hydrogen-bond acceptors (Lipinski definition) is 4. The fourth-order valence-electron chi connectivity index (χ4n) is 2.03. The van der Waals surface area contributed by atoms with Gasteiger partial charge in [0.25, 0.3) is 0 Å². The second-order valence-corrected chi connectivity index (χ2v) is 7.31.